The Morgan fingerprint density at radius 2 is 1.73 bits per heavy atom. The summed E-state index contributed by atoms with van der Waals surface area (Å²) in [6, 6.07) is 11.9. The van der Waals surface area contributed by atoms with E-state index >= 15 is 0 Å². The van der Waals surface area contributed by atoms with Crippen molar-refractivity contribution < 1.29 is 0 Å². The van der Waals surface area contributed by atoms with E-state index in [-0.39, 0.29) is 0 Å². The van der Waals surface area contributed by atoms with Gasteiger partial charge in [-0.15, -0.1) is 0 Å². The molecule has 0 aliphatic heterocycles. The number of aryl methyl sites for hydroxylation is 1. The Kier molecular flexibility index (Phi) is 5.86. The van der Waals surface area contributed by atoms with Crippen molar-refractivity contribution in [1.82, 2.24) is 15.0 Å². The molecule has 7 heteroatoms. The molecule has 4 N–H and O–H groups in total. The summed E-state index contributed by atoms with van der Waals surface area (Å²) in [5.74, 6) is 1.00. The van der Waals surface area contributed by atoms with Gasteiger partial charge in [-0.2, -0.15) is 0 Å². The third-order valence-corrected chi connectivity index (χ3v) is 4.23. The first-order valence-electron chi connectivity index (χ1n) is 8.51. The Morgan fingerprint density at radius 1 is 1.00 bits per heavy atom. The van der Waals surface area contributed by atoms with Gasteiger partial charge in [-0.25, -0.2) is 15.0 Å². The van der Waals surface area contributed by atoms with E-state index < -0.39 is 0 Å². The molecule has 0 aliphatic carbocycles. The van der Waals surface area contributed by atoms with Gasteiger partial charge in [0.2, 0.25) is 0 Å². The van der Waals surface area contributed by atoms with Crippen molar-refractivity contribution in [1.29, 1.82) is 0 Å². The zero-order chi connectivity index (χ0) is 18.4. The molecule has 0 unspecified atom stereocenters. The average molecular weight is 369 g/mol. The van der Waals surface area contributed by atoms with Crippen LogP contribution in [0.1, 0.15) is 25.3 Å². The van der Waals surface area contributed by atoms with Crippen LogP contribution in [0.15, 0.2) is 48.9 Å². The quantitative estimate of drug-likeness (QED) is 0.512. The Labute approximate surface area is 157 Å². The lowest BCUT2D eigenvalue weighted by Gasteiger charge is -2.13. The summed E-state index contributed by atoms with van der Waals surface area (Å²) in [6.45, 7) is 2.19. The van der Waals surface area contributed by atoms with Crippen LogP contribution in [0.4, 0.5) is 28.7 Å². The zero-order valence-electron chi connectivity index (χ0n) is 14.5. The van der Waals surface area contributed by atoms with Crippen LogP contribution in [0.2, 0.25) is 5.15 Å². The summed E-state index contributed by atoms with van der Waals surface area (Å²) in [5, 5.41) is 6.67. The number of benzene rings is 1. The molecule has 3 aromatic rings. The van der Waals surface area contributed by atoms with Crippen LogP contribution < -0.4 is 16.4 Å². The van der Waals surface area contributed by atoms with Crippen LogP contribution in [0, 0.1) is 0 Å². The first-order valence-corrected chi connectivity index (χ1v) is 8.89. The molecule has 0 bridgehead atoms. The van der Waals surface area contributed by atoms with E-state index in [9.17, 15) is 0 Å². The summed E-state index contributed by atoms with van der Waals surface area (Å²) in [5.41, 5.74) is 9.49. The fourth-order valence-electron chi connectivity index (χ4n) is 2.47. The second-order valence-corrected chi connectivity index (χ2v) is 6.23. The number of nitrogens with one attached hydrogen (secondary N) is 2. The third kappa shape index (κ3) is 4.40. The Morgan fingerprint density at radius 3 is 2.42 bits per heavy atom. The van der Waals surface area contributed by atoms with E-state index in [4.69, 9.17) is 17.3 Å². The number of anilines is 5. The molecule has 134 valence electrons. The maximum absolute atomic E-state index is 6.21. The lowest BCUT2D eigenvalue weighted by atomic mass is 10.1. The predicted molar refractivity (Wildman–Crippen MR) is 107 cm³/mol. The molecule has 2 aromatic heterocycles. The number of hydrogen-bond acceptors (Lipinski definition) is 6. The highest BCUT2D eigenvalue weighted by atomic mass is 35.5. The molecule has 2 heterocycles. The van der Waals surface area contributed by atoms with Gasteiger partial charge in [0.15, 0.2) is 16.8 Å². The number of rotatable bonds is 7. The lowest BCUT2D eigenvalue weighted by Crippen LogP contribution is -2.05. The highest BCUT2D eigenvalue weighted by molar-refractivity contribution is 6.32. The smallest absolute Gasteiger partial charge is 0.159 e. The second-order valence-electron chi connectivity index (χ2n) is 5.88. The van der Waals surface area contributed by atoms with Gasteiger partial charge in [0.05, 0.1) is 5.69 Å². The van der Waals surface area contributed by atoms with Crippen LogP contribution in [0.5, 0.6) is 0 Å². The monoisotopic (exact) mass is 368 g/mol. The van der Waals surface area contributed by atoms with Crippen LogP contribution >= 0.6 is 11.6 Å². The molecule has 1 aromatic carbocycles. The van der Waals surface area contributed by atoms with E-state index in [0.29, 0.717) is 28.2 Å². The number of hydrogen-bond donors (Lipinski definition) is 3. The molecular weight excluding hydrogens is 348 g/mol. The van der Waals surface area contributed by atoms with Crippen LogP contribution in [0.3, 0.4) is 0 Å². The highest BCUT2D eigenvalue weighted by Gasteiger charge is 2.10. The van der Waals surface area contributed by atoms with Crippen LogP contribution in [-0.4, -0.2) is 15.0 Å². The van der Waals surface area contributed by atoms with Crippen LogP contribution in [0.25, 0.3) is 0 Å². The van der Waals surface area contributed by atoms with Gasteiger partial charge < -0.3 is 16.4 Å². The fraction of sp³-hybridized carbons (Fsp3) is 0.211. The first-order chi connectivity index (χ1) is 12.7. The molecule has 0 amide bonds. The van der Waals surface area contributed by atoms with Crippen molar-refractivity contribution in [2.75, 3.05) is 16.4 Å². The molecule has 0 fully saturated rings. The number of nitrogens with two attached hydrogens (primary N) is 1. The molecule has 0 atom stereocenters. The maximum atomic E-state index is 6.21. The van der Waals surface area contributed by atoms with Gasteiger partial charge in [0, 0.05) is 11.9 Å². The molecule has 0 radical (unpaired) electrons. The third-order valence-electron chi connectivity index (χ3n) is 3.93. The molecule has 3 rings (SSSR count). The fourth-order valence-corrected chi connectivity index (χ4v) is 2.64. The molecule has 0 spiro atoms. The molecular formula is C19H21ClN6. The maximum Gasteiger partial charge on any atom is 0.159 e. The molecule has 26 heavy (non-hydrogen) atoms. The molecule has 6 nitrogen and oxygen atoms in total. The standard InChI is InChI=1S/C19H21ClN6/c1-2-3-5-13-7-9-14(10-8-13)25-18-16(21)19(24-12-23-18)26-15-6-4-11-22-17(15)20/h4,6-12H,2-3,5,21H2,1H3,(H2,23,24,25,26). The van der Waals surface area contributed by atoms with Gasteiger partial charge in [-0.1, -0.05) is 37.1 Å². The number of unbranched alkanes of at least 4 members (excludes halogenated alkanes) is 1. The van der Waals surface area contributed by atoms with E-state index in [1.807, 2.05) is 12.1 Å². The Hall–Kier alpha value is -2.86. The van der Waals surface area contributed by atoms with Crippen molar-refractivity contribution in [2.24, 2.45) is 0 Å². The summed E-state index contributed by atoms with van der Waals surface area (Å²) >= 11 is 6.07. The second kappa shape index (κ2) is 8.49. The largest absolute Gasteiger partial charge is 0.393 e. The zero-order valence-corrected chi connectivity index (χ0v) is 15.3. The number of nitrogen functional groups attached to an aromatic ring is 1. The normalized spacial score (nSPS) is 10.5. The predicted octanol–water partition coefficient (Wildman–Crippen LogP) is 4.94. The van der Waals surface area contributed by atoms with Crippen molar-refractivity contribution in [3.63, 3.8) is 0 Å². The minimum Gasteiger partial charge on any atom is -0.393 e. The van der Waals surface area contributed by atoms with E-state index in [2.05, 4.69) is 44.6 Å². The van der Waals surface area contributed by atoms with E-state index in [0.717, 1.165) is 12.1 Å². The SMILES string of the molecule is CCCCc1ccc(Nc2ncnc(Nc3cccnc3Cl)c2N)cc1. The summed E-state index contributed by atoms with van der Waals surface area (Å²) in [7, 11) is 0. The number of nitrogens with zero attached hydrogens (tertiary/aromatic N) is 3. The average Bonchev–Trinajstić information content (AvgIpc) is 2.66. The van der Waals surface area contributed by atoms with Crippen molar-refractivity contribution in [2.45, 2.75) is 26.2 Å². The summed E-state index contributed by atoms with van der Waals surface area (Å²) < 4.78 is 0. The Bertz CT molecular complexity index is 866. The van der Waals surface area contributed by atoms with Crippen LogP contribution in [-0.2, 0) is 6.42 Å². The van der Waals surface area contributed by atoms with Gasteiger partial charge in [0.1, 0.15) is 12.0 Å². The molecule has 0 saturated heterocycles. The van der Waals surface area contributed by atoms with Crippen molar-refractivity contribution >= 4 is 40.3 Å². The van der Waals surface area contributed by atoms with Crippen molar-refractivity contribution in [3.05, 3.63) is 59.6 Å². The van der Waals surface area contributed by atoms with Gasteiger partial charge >= 0.3 is 0 Å². The first kappa shape index (κ1) is 17.9. The Balaban J connectivity index is 1.76. The summed E-state index contributed by atoms with van der Waals surface area (Å²) in [6.07, 6.45) is 6.53. The van der Waals surface area contributed by atoms with E-state index in [1.165, 1.54) is 24.7 Å². The highest BCUT2D eigenvalue weighted by Crippen LogP contribution is 2.30. The number of halogens is 1. The molecule has 0 saturated carbocycles. The minimum atomic E-state index is 0.350. The topological polar surface area (TPSA) is 88.8 Å². The van der Waals surface area contributed by atoms with Gasteiger partial charge in [-0.3, -0.25) is 0 Å². The van der Waals surface area contributed by atoms with Gasteiger partial charge in [0.25, 0.3) is 0 Å². The number of aromatic nitrogens is 3. The lowest BCUT2D eigenvalue weighted by molar-refractivity contribution is 0.795. The van der Waals surface area contributed by atoms with Crippen molar-refractivity contribution in [3.8, 4) is 0 Å². The van der Waals surface area contributed by atoms with Gasteiger partial charge in [-0.05, 0) is 42.7 Å². The molecule has 0 aliphatic rings. The summed E-state index contributed by atoms with van der Waals surface area (Å²) in [4.78, 5) is 12.5. The van der Waals surface area contributed by atoms with E-state index in [1.54, 1.807) is 18.3 Å². The number of pyridine rings is 1. The minimum absolute atomic E-state index is 0.350.